The lowest BCUT2D eigenvalue weighted by Gasteiger charge is -2.31. The number of piperidine rings is 1. The predicted molar refractivity (Wildman–Crippen MR) is 127 cm³/mol. The molecule has 1 saturated heterocycles. The Bertz CT molecular complexity index is 1230. The number of hydrogen-bond acceptors (Lipinski definition) is 4. The summed E-state index contributed by atoms with van der Waals surface area (Å²) in [4.78, 5) is 39.9. The quantitative estimate of drug-likeness (QED) is 0.620. The summed E-state index contributed by atoms with van der Waals surface area (Å²) in [6.07, 6.45) is 1.55. The first-order chi connectivity index (χ1) is 15.8. The van der Waals surface area contributed by atoms with Crippen molar-refractivity contribution < 1.29 is 19.1 Å². The van der Waals surface area contributed by atoms with E-state index in [1.807, 2.05) is 19.1 Å². The number of carbonyl (C=O) groups excluding carboxylic acids is 3. The number of hydrogen-bond donors (Lipinski definition) is 1. The molecular formula is C25H26ClN3O4. The van der Waals surface area contributed by atoms with E-state index in [2.05, 4.69) is 0 Å². The molecule has 3 aromatic rings. The fourth-order valence-corrected chi connectivity index (χ4v) is 4.62. The maximum atomic E-state index is 13.4. The maximum Gasteiger partial charge on any atom is 0.262 e. The van der Waals surface area contributed by atoms with Crippen molar-refractivity contribution in [1.82, 2.24) is 9.47 Å². The van der Waals surface area contributed by atoms with Crippen LogP contribution in [0, 0.1) is 12.8 Å². The predicted octanol–water partition coefficient (Wildman–Crippen LogP) is 3.57. The van der Waals surface area contributed by atoms with Crippen LogP contribution in [0.4, 0.5) is 0 Å². The lowest BCUT2D eigenvalue weighted by Crippen LogP contribution is -2.44. The third-order valence-electron chi connectivity index (χ3n) is 6.34. The number of rotatable bonds is 5. The summed E-state index contributed by atoms with van der Waals surface area (Å²) in [7, 11) is 1.58. The molecule has 2 amide bonds. The van der Waals surface area contributed by atoms with Gasteiger partial charge in [-0.3, -0.25) is 19.0 Å². The minimum atomic E-state index is -0.376. The van der Waals surface area contributed by atoms with Gasteiger partial charge in [-0.05, 0) is 67.8 Å². The van der Waals surface area contributed by atoms with E-state index in [4.69, 9.17) is 22.1 Å². The third kappa shape index (κ3) is 4.46. The highest BCUT2D eigenvalue weighted by Crippen LogP contribution is 2.31. The second kappa shape index (κ2) is 9.27. The van der Waals surface area contributed by atoms with E-state index >= 15 is 0 Å². The van der Waals surface area contributed by atoms with Gasteiger partial charge >= 0.3 is 0 Å². The molecule has 1 unspecified atom stereocenters. The molecule has 1 aromatic heterocycles. The van der Waals surface area contributed by atoms with Crippen molar-refractivity contribution in [1.29, 1.82) is 0 Å². The van der Waals surface area contributed by atoms with Gasteiger partial charge in [0.25, 0.3) is 5.91 Å². The number of likely N-dealkylation sites (tertiary alicyclic amines) is 1. The van der Waals surface area contributed by atoms with Crippen LogP contribution < -0.4 is 10.5 Å². The molecule has 0 radical (unpaired) electrons. The number of ether oxygens (including phenoxy) is 1. The smallest absolute Gasteiger partial charge is 0.262 e. The highest BCUT2D eigenvalue weighted by atomic mass is 35.5. The van der Waals surface area contributed by atoms with Gasteiger partial charge in [-0.15, -0.1) is 0 Å². The Kier molecular flexibility index (Phi) is 6.42. The largest absolute Gasteiger partial charge is 0.497 e. The number of nitrogens with two attached hydrogens (primary N) is 1. The number of carbonyl (C=O) groups is 3. The Morgan fingerprint density at radius 3 is 2.55 bits per heavy atom. The molecule has 0 bridgehead atoms. The molecular weight excluding hydrogens is 442 g/mol. The van der Waals surface area contributed by atoms with Crippen LogP contribution in [0.15, 0.2) is 42.5 Å². The SMILES string of the molecule is COc1ccc2c(c1)c(CC(=O)N1CCCC(C(N)=O)C1)c(C)n2C(=O)c1ccc(Cl)cc1. The second-order valence-corrected chi connectivity index (χ2v) is 8.79. The first-order valence-electron chi connectivity index (χ1n) is 10.9. The van der Waals surface area contributed by atoms with Crippen molar-refractivity contribution in [3.8, 4) is 5.75 Å². The lowest BCUT2D eigenvalue weighted by atomic mass is 9.96. The van der Waals surface area contributed by atoms with Crippen LogP contribution in [0.5, 0.6) is 5.75 Å². The molecule has 2 heterocycles. The zero-order valence-electron chi connectivity index (χ0n) is 18.6. The first-order valence-corrected chi connectivity index (χ1v) is 11.2. The van der Waals surface area contributed by atoms with E-state index in [1.165, 1.54) is 0 Å². The highest BCUT2D eigenvalue weighted by Gasteiger charge is 2.29. The van der Waals surface area contributed by atoms with Crippen molar-refractivity contribution in [2.45, 2.75) is 26.2 Å². The van der Waals surface area contributed by atoms with E-state index in [0.717, 1.165) is 17.4 Å². The molecule has 0 saturated carbocycles. The average molecular weight is 468 g/mol. The Labute approximate surface area is 197 Å². The molecule has 4 rings (SSSR count). The monoisotopic (exact) mass is 467 g/mol. The van der Waals surface area contributed by atoms with E-state index in [0.29, 0.717) is 47.1 Å². The lowest BCUT2D eigenvalue weighted by molar-refractivity contribution is -0.134. The van der Waals surface area contributed by atoms with Crippen molar-refractivity contribution in [3.05, 3.63) is 64.3 Å². The molecule has 1 atom stereocenters. The van der Waals surface area contributed by atoms with Crippen LogP contribution in [0.25, 0.3) is 10.9 Å². The normalized spacial score (nSPS) is 16.1. The van der Waals surface area contributed by atoms with Gasteiger partial charge in [0.1, 0.15) is 5.75 Å². The number of fused-ring (bicyclic) bond motifs is 1. The van der Waals surface area contributed by atoms with Crippen LogP contribution in [-0.4, -0.2) is 47.4 Å². The number of benzene rings is 2. The molecule has 2 aromatic carbocycles. The number of amides is 2. The topological polar surface area (TPSA) is 94.6 Å². The molecule has 2 N–H and O–H groups in total. The third-order valence-corrected chi connectivity index (χ3v) is 6.59. The summed E-state index contributed by atoms with van der Waals surface area (Å²) < 4.78 is 7.02. The fraction of sp³-hybridized carbons (Fsp3) is 0.320. The van der Waals surface area contributed by atoms with Crippen LogP contribution >= 0.6 is 11.6 Å². The molecule has 33 heavy (non-hydrogen) atoms. The van der Waals surface area contributed by atoms with Crippen LogP contribution in [0.2, 0.25) is 5.02 Å². The number of aromatic nitrogens is 1. The van der Waals surface area contributed by atoms with Gasteiger partial charge < -0.3 is 15.4 Å². The van der Waals surface area contributed by atoms with Gasteiger partial charge in [-0.1, -0.05) is 11.6 Å². The molecule has 1 fully saturated rings. The molecule has 1 aliphatic rings. The Morgan fingerprint density at radius 1 is 1.15 bits per heavy atom. The van der Waals surface area contributed by atoms with E-state index in [1.54, 1.807) is 46.9 Å². The molecule has 1 aliphatic heterocycles. The van der Waals surface area contributed by atoms with Crippen molar-refractivity contribution in [2.24, 2.45) is 11.7 Å². The van der Waals surface area contributed by atoms with Gasteiger partial charge in [-0.25, -0.2) is 0 Å². The second-order valence-electron chi connectivity index (χ2n) is 8.35. The summed E-state index contributed by atoms with van der Waals surface area (Å²) in [6.45, 7) is 2.76. The first kappa shape index (κ1) is 22.9. The minimum Gasteiger partial charge on any atom is -0.497 e. The van der Waals surface area contributed by atoms with E-state index < -0.39 is 0 Å². The highest BCUT2D eigenvalue weighted by molar-refractivity contribution is 6.30. The summed E-state index contributed by atoms with van der Waals surface area (Å²) >= 11 is 5.98. The minimum absolute atomic E-state index is 0.0927. The number of nitrogens with zero attached hydrogens (tertiary/aromatic N) is 2. The Morgan fingerprint density at radius 2 is 1.88 bits per heavy atom. The van der Waals surface area contributed by atoms with Crippen LogP contribution in [-0.2, 0) is 16.0 Å². The summed E-state index contributed by atoms with van der Waals surface area (Å²) in [6, 6.07) is 12.2. The molecule has 0 aliphatic carbocycles. The van der Waals surface area contributed by atoms with Crippen LogP contribution in [0.1, 0.15) is 34.5 Å². The zero-order chi connectivity index (χ0) is 23.7. The molecule has 8 heteroatoms. The summed E-state index contributed by atoms with van der Waals surface area (Å²) in [5.74, 6) is -0.357. The van der Waals surface area contributed by atoms with Crippen molar-refractivity contribution >= 4 is 40.2 Å². The van der Waals surface area contributed by atoms with E-state index in [9.17, 15) is 14.4 Å². The van der Waals surface area contributed by atoms with Gasteiger partial charge in [0.2, 0.25) is 11.8 Å². The number of methoxy groups -OCH3 is 1. The van der Waals surface area contributed by atoms with E-state index in [-0.39, 0.29) is 30.1 Å². The summed E-state index contributed by atoms with van der Waals surface area (Å²) in [5.41, 5.74) is 8.12. The Balaban J connectivity index is 1.74. The van der Waals surface area contributed by atoms with Gasteiger partial charge in [0, 0.05) is 34.8 Å². The van der Waals surface area contributed by atoms with Crippen molar-refractivity contribution in [2.75, 3.05) is 20.2 Å². The summed E-state index contributed by atoms with van der Waals surface area (Å²) in [5, 5.41) is 1.33. The molecule has 7 nitrogen and oxygen atoms in total. The van der Waals surface area contributed by atoms with Crippen LogP contribution in [0.3, 0.4) is 0 Å². The van der Waals surface area contributed by atoms with Gasteiger partial charge in [-0.2, -0.15) is 0 Å². The maximum absolute atomic E-state index is 13.4. The molecule has 0 spiro atoms. The standard InChI is InChI=1S/C25H26ClN3O4/c1-15-20(13-23(30)28-11-3-4-17(14-28)24(27)31)21-12-19(33-2)9-10-22(21)29(15)25(32)16-5-7-18(26)8-6-16/h5-10,12,17H,3-4,11,13-14H2,1-2H3,(H2,27,31). The fourth-order valence-electron chi connectivity index (χ4n) is 4.49. The number of primary amides is 1. The Hall–Kier alpha value is -3.32. The average Bonchev–Trinajstić information content (AvgIpc) is 3.09. The van der Waals surface area contributed by atoms with Gasteiger partial charge in [0.05, 0.1) is 25.0 Å². The van der Waals surface area contributed by atoms with Gasteiger partial charge in [0.15, 0.2) is 0 Å². The molecule has 172 valence electrons. The zero-order valence-corrected chi connectivity index (χ0v) is 19.4. The van der Waals surface area contributed by atoms with Crippen molar-refractivity contribution in [3.63, 3.8) is 0 Å². The number of halogens is 1.